The van der Waals surface area contributed by atoms with Crippen molar-refractivity contribution in [3.8, 4) is 0 Å². The third kappa shape index (κ3) is 5.07. The van der Waals surface area contributed by atoms with Crippen molar-refractivity contribution in [1.82, 2.24) is 5.32 Å². The summed E-state index contributed by atoms with van der Waals surface area (Å²) in [7, 11) is 0. The fourth-order valence-electron chi connectivity index (χ4n) is 2.02. The van der Waals surface area contributed by atoms with Gasteiger partial charge in [-0.3, -0.25) is 4.79 Å². The van der Waals surface area contributed by atoms with Gasteiger partial charge in [-0.1, -0.05) is 47.5 Å². The van der Waals surface area contributed by atoms with E-state index in [0.717, 1.165) is 19.3 Å². The molecule has 0 aromatic carbocycles. The molecule has 0 heterocycles. The first-order chi connectivity index (χ1) is 8.34. The Labute approximate surface area is 110 Å². The van der Waals surface area contributed by atoms with Gasteiger partial charge >= 0.3 is 5.97 Å². The average Bonchev–Trinajstić information content (AvgIpc) is 2.30. The van der Waals surface area contributed by atoms with Crippen LogP contribution in [0.25, 0.3) is 0 Å². The Kier molecular flexibility index (Phi) is 7.64. The molecule has 18 heavy (non-hydrogen) atoms. The summed E-state index contributed by atoms with van der Waals surface area (Å²) >= 11 is 0. The number of carbonyl (C=O) groups is 2. The minimum atomic E-state index is -0.947. The number of hydrogen-bond donors (Lipinski definition) is 2. The van der Waals surface area contributed by atoms with Crippen LogP contribution >= 0.6 is 0 Å². The van der Waals surface area contributed by atoms with Crippen LogP contribution in [0.3, 0.4) is 0 Å². The molecule has 0 aromatic rings. The molecular formula is C14H27NO3. The minimum Gasteiger partial charge on any atom is -0.480 e. The highest BCUT2D eigenvalue weighted by atomic mass is 16.4. The number of carboxylic acids is 1. The van der Waals surface area contributed by atoms with Crippen LogP contribution in [-0.2, 0) is 9.59 Å². The third-order valence-corrected chi connectivity index (χ3v) is 3.52. The smallest absolute Gasteiger partial charge is 0.326 e. The summed E-state index contributed by atoms with van der Waals surface area (Å²) in [5.41, 5.74) is 0. The van der Waals surface area contributed by atoms with E-state index in [-0.39, 0.29) is 23.7 Å². The maximum atomic E-state index is 12.1. The average molecular weight is 257 g/mol. The predicted molar refractivity (Wildman–Crippen MR) is 72.3 cm³/mol. The van der Waals surface area contributed by atoms with E-state index >= 15 is 0 Å². The lowest BCUT2D eigenvalue weighted by Gasteiger charge is -2.25. The van der Waals surface area contributed by atoms with Crippen LogP contribution in [0, 0.1) is 17.8 Å². The summed E-state index contributed by atoms with van der Waals surface area (Å²) in [5, 5.41) is 11.9. The van der Waals surface area contributed by atoms with Crippen LogP contribution in [0.5, 0.6) is 0 Å². The maximum absolute atomic E-state index is 12.1. The van der Waals surface area contributed by atoms with Crippen molar-refractivity contribution >= 4 is 11.9 Å². The van der Waals surface area contributed by atoms with Crippen molar-refractivity contribution in [2.75, 3.05) is 0 Å². The van der Waals surface area contributed by atoms with Gasteiger partial charge in [0.2, 0.25) is 5.91 Å². The molecular weight excluding hydrogens is 230 g/mol. The van der Waals surface area contributed by atoms with Gasteiger partial charge in [0.1, 0.15) is 6.04 Å². The number of carbonyl (C=O) groups excluding carboxylic acids is 1. The number of amides is 1. The molecule has 4 heteroatoms. The van der Waals surface area contributed by atoms with Crippen molar-refractivity contribution in [1.29, 1.82) is 0 Å². The second kappa shape index (κ2) is 8.11. The lowest BCUT2D eigenvalue weighted by atomic mass is 9.89. The van der Waals surface area contributed by atoms with Crippen molar-refractivity contribution in [2.24, 2.45) is 17.8 Å². The van der Waals surface area contributed by atoms with Crippen LogP contribution < -0.4 is 5.32 Å². The summed E-state index contributed by atoms with van der Waals surface area (Å²) in [6.45, 7) is 9.81. The van der Waals surface area contributed by atoms with E-state index in [1.165, 1.54) is 0 Å². The molecule has 0 fully saturated rings. The lowest BCUT2D eigenvalue weighted by Crippen LogP contribution is -2.48. The molecule has 0 aliphatic heterocycles. The monoisotopic (exact) mass is 257 g/mol. The zero-order valence-electron chi connectivity index (χ0n) is 12.2. The largest absolute Gasteiger partial charge is 0.480 e. The van der Waals surface area contributed by atoms with Crippen molar-refractivity contribution in [3.05, 3.63) is 0 Å². The van der Waals surface area contributed by atoms with Gasteiger partial charge in [0.15, 0.2) is 0 Å². The molecule has 0 rings (SSSR count). The van der Waals surface area contributed by atoms with E-state index in [1.54, 1.807) is 0 Å². The quantitative estimate of drug-likeness (QED) is 0.702. The Balaban J connectivity index is 4.71. The molecule has 0 saturated heterocycles. The molecule has 1 amide bonds. The molecule has 106 valence electrons. The molecule has 4 nitrogen and oxygen atoms in total. The van der Waals surface area contributed by atoms with Gasteiger partial charge in [-0.2, -0.15) is 0 Å². The Morgan fingerprint density at radius 3 is 2.06 bits per heavy atom. The van der Waals surface area contributed by atoms with Crippen LogP contribution in [0.15, 0.2) is 0 Å². The van der Waals surface area contributed by atoms with Gasteiger partial charge in [-0.15, -0.1) is 0 Å². The molecule has 0 aliphatic carbocycles. The van der Waals surface area contributed by atoms with Gasteiger partial charge in [0, 0.05) is 5.92 Å². The highest BCUT2D eigenvalue weighted by Gasteiger charge is 2.29. The van der Waals surface area contributed by atoms with Crippen LogP contribution in [0.1, 0.15) is 53.9 Å². The summed E-state index contributed by atoms with van der Waals surface area (Å²) in [6.07, 6.45) is 2.46. The molecule has 0 bridgehead atoms. The zero-order valence-corrected chi connectivity index (χ0v) is 12.2. The first kappa shape index (κ1) is 16.9. The second-order valence-corrected chi connectivity index (χ2v) is 5.35. The SMILES string of the molecule is CCCC(C(=O)NC(C(=O)O)C(C)CC)C(C)C. The number of nitrogens with one attached hydrogen (secondary N) is 1. The van der Waals surface area contributed by atoms with Crippen molar-refractivity contribution in [3.63, 3.8) is 0 Å². The molecule has 0 radical (unpaired) electrons. The maximum Gasteiger partial charge on any atom is 0.326 e. The Bertz CT molecular complexity index is 276. The molecule has 2 N–H and O–H groups in total. The van der Waals surface area contributed by atoms with E-state index in [9.17, 15) is 9.59 Å². The standard InChI is InChI=1S/C14H27NO3/c1-6-8-11(9(3)4)13(16)15-12(14(17)18)10(5)7-2/h9-12H,6-8H2,1-5H3,(H,15,16)(H,17,18). The normalized spacial score (nSPS) is 16.1. The Hall–Kier alpha value is -1.06. The highest BCUT2D eigenvalue weighted by molar-refractivity contribution is 5.85. The lowest BCUT2D eigenvalue weighted by molar-refractivity contribution is -0.144. The fourth-order valence-corrected chi connectivity index (χ4v) is 2.02. The van der Waals surface area contributed by atoms with Crippen molar-refractivity contribution in [2.45, 2.75) is 59.9 Å². The van der Waals surface area contributed by atoms with Crippen LogP contribution in [0.4, 0.5) is 0 Å². The molecule has 0 spiro atoms. The number of rotatable bonds is 8. The van der Waals surface area contributed by atoms with E-state index in [4.69, 9.17) is 5.11 Å². The molecule has 3 unspecified atom stereocenters. The highest BCUT2D eigenvalue weighted by Crippen LogP contribution is 2.18. The predicted octanol–water partition coefficient (Wildman–Crippen LogP) is 2.67. The van der Waals surface area contributed by atoms with Gasteiger partial charge < -0.3 is 10.4 Å². The topological polar surface area (TPSA) is 66.4 Å². The summed E-state index contributed by atoms with van der Waals surface area (Å²) in [6, 6.07) is -0.777. The van der Waals surface area contributed by atoms with Gasteiger partial charge in [0.25, 0.3) is 0 Å². The van der Waals surface area contributed by atoms with E-state index < -0.39 is 12.0 Å². The number of hydrogen-bond acceptors (Lipinski definition) is 2. The van der Waals surface area contributed by atoms with Crippen LogP contribution in [0.2, 0.25) is 0 Å². The molecule has 0 aromatic heterocycles. The molecule has 3 atom stereocenters. The van der Waals surface area contributed by atoms with Crippen LogP contribution in [-0.4, -0.2) is 23.0 Å². The molecule has 0 aliphatic rings. The van der Waals surface area contributed by atoms with Gasteiger partial charge in [0.05, 0.1) is 0 Å². The summed E-state index contributed by atoms with van der Waals surface area (Å²) in [4.78, 5) is 23.3. The van der Waals surface area contributed by atoms with E-state index in [2.05, 4.69) is 5.32 Å². The van der Waals surface area contributed by atoms with E-state index in [0.29, 0.717) is 0 Å². The molecule has 0 saturated carbocycles. The van der Waals surface area contributed by atoms with E-state index in [1.807, 2.05) is 34.6 Å². The van der Waals surface area contributed by atoms with Gasteiger partial charge in [-0.05, 0) is 18.3 Å². The summed E-state index contributed by atoms with van der Waals surface area (Å²) in [5.74, 6) is -0.991. The summed E-state index contributed by atoms with van der Waals surface area (Å²) < 4.78 is 0. The Morgan fingerprint density at radius 2 is 1.72 bits per heavy atom. The van der Waals surface area contributed by atoms with Crippen molar-refractivity contribution < 1.29 is 14.7 Å². The Morgan fingerprint density at radius 1 is 1.17 bits per heavy atom. The third-order valence-electron chi connectivity index (χ3n) is 3.52. The first-order valence-corrected chi connectivity index (χ1v) is 6.88. The minimum absolute atomic E-state index is 0.0547. The number of aliphatic carboxylic acids is 1. The fraction of sp³-hybridized carbons (Fsp3) is 0.857. The first-order valence-electron chi connectivity index (χ1n) is 6.88. The second-order valence-electron chi connectivity index (χ2n) is 5.35. The zero-order chi connectivity index (χ0) is 14.3. The number of carboxylic acid groups (broad SMARTS) is 1. The van der Waals surface area contributed by atoms with Gasteiger partial charge in [-0.25, -0.2) is 4.79 Å².